The maximum atomic E-state index is 13.2. The molecule has 1 aliphatic carbocycles. The van der Waals surface area contributed by atoms with Crippen LogP contribution >= 0.6 is 11.6 Å². The summed E-state index contributed by atoms with van der Waals surface area (Å²) in [5.41, 5.74) is -0.183. The summed E-state index contributed by atoms with van der Waals surface area (Å²) in [4.78, 5) is 40.7. The number of Topliss-reactive ketones (excluding diaryl/α,β-unsaturated/α-hetero) is 1. The van der Waals surface area contributed by atoms with Crippen molar-refractivity contribution in [2.24, 2.45) is 11.3 Å². The van der Waals surface area contributed by atoms with Gasteiger partial charge in [-0.1, -0.05) is 60.1 Å². The fourth-order valence-electron chi connectivity index (χ4n) is 4.55. The van der Waals surface area contributed by atoms with E-state index in [9.17, 15) is 14.4 Å². The molecule has 156 valence electrons. The first kappa shape index (κ1) is 20.6. The van der Waals surface area contributed by atoms with Crippen molar-refractivity contribution in [2.45, 2.75) is 38.8 Å². The lowest BCUT2D eigenvalue weighted by Crippen LogP contribution is -2.28. The van der Waals surface area contributed by atoms with Crippen molar-refractivity contribution in [1.29, 1.82) is 0 Å². The largest absolute Gasteiger partial charge is 0.460 e. The molecule has 2 aromatic rings. The van der Waals surface area contributed by atoms with Gasteiger partial charge in [-0.25, -0.2) is 0 Å². The molecule has 1 aliphatic heterocycles. The topological polar surface area (TPSA) is 63.7 Å². The second kappa shape index (κ2) is 7.24. The summed E-state index contributed by atoms with van der Waals surface area (Å²) in [6, 6.07) is 16.7. The van der Waals surface area contributed by atoms with Crippen molar-refractivity contribution in [3.05, 3.63) is 70.7 Å². The molecule has 0 N–H and O–H groups in total. The Balaban J connectivity index is 1.69. The number of ketones is 1. The molecule has 0 radical (unpaired) electrons. The van der Waals surface area contributed by atoms with Crippen LogP contribution in [0.1, 0.15) is 37.8 Å². The second-order valence-electron chi connectivity index (χ2n) is 9.03. The van der Waals surface area contributed by atoms with Gasteiger partial charge in [-0.3, -0.25) is 14.4 Å². The number of esters is 1. The fourth-order valence-corrected chi connectivity index (χ4v) is 4.80. The Morgan fingerprint density at radius 2 is 1.73 bits per heavy atom. The average molecular weight is 426 g/mol. The molecule has 1 saturated heterocycles. The SMILES string of the molecule is CC(C)(C)OC(=O)[C@@H]1[C@@H](c2ccccc2Cl)[C@]12CN(Cc1ccccc1)C(=O)C2=O. The smallest absolute Gasteiger partial charge is 0.311 e. The molecule has 2 aromatic carbocycles. The van der Waals surface area contributed by atoms with E-state index < -0.39 is 40.5 Å². The highest BCUT2D eigenvalue weighted by atomic mass is 35.5. The number of carbonyl (C=O) groups is 3. The van der Waals surface area contributed by atoms with E-state index in [1.54, 1.807) is 32.9 Å². The van der Waals surface area contributed by atoms with Crippen LogP contribution in [0.3, 0.4) is 0 Å². The normalized spacial score (nSPS) is 25.7. The van der Waals surface area contributed by atoms with Gasteiger partial charge < -0.3 is 9.64 Å². The van der Waals surface area contributed by atoms with Crippen LogP contribution in [0, 0.1) is 11.3 Å². The number of nitrogens with zero attached hydrogens (tertiary/aromatic N) is 1. The van der Waals surface area contributed by atoms with E-state index in [2.05, 4.69) is 0 Å². The van der Waals surface area contributed by atoms with Crippen LogP contribution in [0.15, 0.2) is 54.6 Å². The summed E-state index contributed by atoms with van der Waals surface area (Å²) in [7, 11) is 0. The number of hydrogen-bond donors (Lipinski definition) is 0. The maximum absolute atomic E-state index is 13.2. The first-order valence-corrected chi connectivity index (χ1v) is 10.4. The van der Waals surface area contributed by atoms with Gasteiger partial charge in [0.15, 0.2) is 0 Å². The molecule has 6 heteroatoms. The number of ether oxygens (including phenoxy) is 1. The Labute approximate surface area is 181 Å². The molecule has 3 atom stereocenters. The van der Waals surface area contributed by atoms with Crippen LogP contribution in [0.5, 0.6) is 0 Å². The molecule has 0 unspecified atom stereocenters. The molecule has 2 aliphatic rings. The monoisotopic (exact) mass is 425 g/mol. The molecule has 5 nitrogen and oxygen atoms in total. The molecule has 1 heterocycles. The highest BCUT2D eigenvalue weighted by Gasteiger charge is 2.78. The Bertz CT molecular complexity index is 1010. The number of amides is 1. The Kier molecular flexibility index (Phi) is 4.97. The zero-order chi connectivity index (χ0) is 21.7. The van der Waals surface area contributed by atoms with Crippen LogP contribution < -0.4 is 0 Å². The van der Waals surface area contributed by atoms with Gasteiger partial charge >= 0.3 is 5.97 Å². The van der Waals surface area contributed by atoms with E-state index >= 15 is 0 Å². The highest BCUT2D eigenvalue weighted by molar-refractivity contribution is 6.42. The second-order valence-corrected chi connectivity index (χ2v) is 9.43. The van der Waals surface area contributed by atoms with Crippen LogP contribution in [0.2, 0.25) is 5.02 Å². The third-order valence-electron chi connectivity index (χ3n) is 5.81. The van der Waals surface area contributed by atoms with Crippen molar-refractivity contribution in [2.75, 3.05) is 6.54 Å². The lowest BCUT2D eigenvalue weighted by atomic mass is 9.96. The molecule has 1 amide bonds. The Hall–Kier alpha value is -2.66. The number of hydrogen-bond acceptors (Lipinski definition) is 4. The minimum atomic E-state index is -1.13. The van der Waals surface area contributed by atoms with Gasteiger partial charge in [0.05, 0.1) is 11.3 Å². The summed E-state index contributed by atoms with van der Waals surface area (Å²) in [5, 5.41) is 0.481. The lowest BCUT2D eigenvalue weighted by molar-refractivity contribution is -0.158. The van der Waals surface area contributed by atoms with Crippen molar-refractivity contribution < 1.29 is 19.1 Å². The standard InChI is InChI=1S/C24H24ClNO4/c1-23(2,3)30-22(29)19-18(16-11-7-8-12-17(16)25)24(19)14-26(21(28)20(24)27)13-15-9-5-4-6-10-15/h4-12,18-19H,13-14H2,1-3H3/t18-,19+,24-/m1/s1. The maximum Gasteiger partial charge on any atom is 0.311 e. The highest BCUT2D eigenvalue weighted by Crippen LogP contribution is 2.69. The van der Waals surface area contributed by atoms with E-state index in [0.29, 0.717) is 17.1 Å². The summed E-state index contributed by atoms with van der Waals surface area (Å²) >= 11 is 6.41. The molecule has 0 aromatic heterocycles. The molecule has 1 saturated carbocycles. The number of carbonyl (C=O) groups excluding carboxylic acids is 3. The number of benzene rings is 2. The average Bonchev–Trinajstić information content (AvgIpc) is 3.28. The van der Waals surface area contributed by atoms with Crippen LogP contribution in [0.4, 0.5) is 0 Å². The van der Waals surface area contributed by atoms with Gasteiger partial charge in [0, 0.05) is 24.0 Å². The quantitative estimate of drug-likeness (QED) is 0.548. The summed E-state index contributed by atoms with van der Waals surface area (Å²) < 4.78 is 5.61. The van der Waals surface area contributed by atoms with E-state index in [-0.39, 0.29) is 6.54 Å². The summed E-state index contributed by atoms with van der Waals surface area (Å²) in [6.07, 6.45) is 0. The van der Waals surface area contributed by atoms with E-state index in [1.165, 1.54) is 4.90 Å². The van der Waals surface area contributed by atoms with Gasteiger partial charge in [-0.15, -0.1) is 0 Å². The van der Waals surface area contributed by atoms with Gasteiger partial charge in [0.25, 0.3) is 5.91 Å². The van der Waals surface area contributed by atoms with Crippen molar-refractivity contribution >= 4 is 29.3 Å². The molecular formula is C24H24ClNO4. The van der Waals surface area contributed by atoms with E-state index in [0.717, 1.165) is 5.56 Å². The van der Waals surface area contributed by atoms with Gasteiger partial charge in [0.1, 0.15) is 5.60 Å². The minimum Gasteiger partial charge on any atom is -0.460 e. The van der Waals surface area contributed by atoms with E-state index in [1.807, 2.05) is 42.5 Å². The van der Waals surface area contributed by atoms with Crippen LogP contribution in [0.25, 0.3) is 0 Å². The van der Waals surface area contributed by atoms with Crippen LogP contribution in [-0.4, -0.2) is 34.7 Å². The molecule has 1 spiro atoms. The van der Waals surface area contributed by atoms with Gasteiger partial charge in [-0.2, -0.15) is 0 Å². The molecule has 4 rings (SSSR count). The van der Waals surface area contributed by atoms with Gasteiger partial charge in [0.2, 0.25) is 5.78 Å². The summed E-state index contributed by atoms with van der Waals surface area (Å²) in [5.74, 6) is -2.75. The molecule has 0 bridgehead atoms. The predicted octanol–water partition coefficient (Wildman–Crippen LogP) is 3.99. The Morgan fingerprint density at radius 1 is 1.10 bits per heavy atom. The molecular weight excluding hydrogens is 402 g/mol. The van der Waals surface area contributed by atoms with Crippen molar-refractivity contribution in [1.82, 2.24) is 4.90 Å². The third kappa shape index (κ3) is 3.41. The number of rotatable bonds is 4. The van der Waals surface area contributed by atoms with E-state index in [4.69, 9.17) is 16.3 Å². The predicted molar refractivity (Wildman–Crippen MR) is 113 cm³/mol. The van der Waals surface area contributed by atoms with Crippen molar-refractivity contribution in [3.8, 4) is 0 Å². The number of likely N-dealkylation sites (tertiary alicyclic amines) is 1. The fraction of sp³-hybridized carbons (Fsp3) is 0.375. The third-order valence-corrected chi connectivity index (χ3v) is 6.15. The first-order valence-electron chi connectivity index (χ1n) is 10.00. The zero-order valence-electron chi connectivity index (χ0n) is 17.2. The first-order chi connectivity index (χ1) is 14.1. The molecule has 30 heavy (non-hydrogen) atoms. The number of halogens is 1. The summed E-state index contributed by atoms with van der Waals surface area (Å²) in [6.45, 7) is 5.86. The lowest BCUT2D eigenvalue weighted by Gasteiger charge is -2.20. The Morgan fingerprint density at radius 3 is 2.37 bits per heavy atom. The van der Waals surface area contributed by atoms with Gasteiger partial charge in [-0.05, 0) is 38.0 Å². The molecule has 2 fully saturated rings. The van der Waals surface area contributed by atoms with Crippen molar-refractivity contribution in [3.63, 3.8) is 0 Å². The minimum absolute atomic E-state index is 0.180. The zero-order valence-corrected chi connectivity index (χ0v) is 18.0. The van der Waals surface area contributed by atoms with Crippen LogP contribution in [-0.2, 0) is 25.7 Å².